The van der Waals surface area contributed by atoms with E-state index in [4.69, 9.17) is 14.2 Å². The summed E-state index contributed by atoms with van der Waals surface area (Å²) >= 11 is 0. The molecule has 0 saturated heterocycles. The average Bonchev–Trinajstić information content (AvgIpc) is 2.89. The topological polar surface area (TPSA) is 65.7 Å². The number of hydrogen-bond donors (Lipinski definition) is 1. The predicted molar refractivity (Wildman–Crippen MR) is 73.0 cm³/mol. The van der Waals surface area contributed by atoms with E-state index in [0.717, 1.165) is 5.56 Å². The first-order chi connectivity index (χ1) is 9.67. The van der Waals surface area contributed by atoms with Crippen molar-refractivity contribution in [3.05, 3.63) is 35.7 Å². The van der Waals surface area contributed by atoms with E-state index in [2.05, 4.69) is 5.10 Å². The lowest BCUT2D eigenvalue weighted by atomic mass is 10.2. The van der Waals surface area contributed by atoms with Crippen LogP contribution in [0.2, 0.25) is 0 Å². The van der Waals surface area contributed by atoms with E-state index in [9.17, 15) is 5.11 Å². The third kappa shape index (κ3) is 3.03. The van der Waals surface area contributed by atoms with Gasteiger partial charge in [0.1, 0.15) is 6.61 Å². The van der Waals surface area contributed by atoms with E-state index in [1.807, 2.05) is 13.2 Å². The number of aryl methyl sites for hydroxylation is 1. The second kappa shape index (κ2) is 6.29. The summed E-state index contributed by atoms with van der Waals surface area (Å²) in [4.78, 5) is 0. The molecule has 0 unspecified atom stereocenters. The molecule has 0 aliphatic heterocycles. The van der Waals surface area contributed by atoms with Crippen molar-refractivity contribution >= 4 is 0 Å². The summed E-state index contributed by atoms with van der Waals surface area (Å²) < 4.78 is 18.0. The van der Waals surface area contributed by atoms with Crippen molar-refractivity contribution in [2.75, 3.05) is 14.2 Å². The Hall–Kier alpha value is -2.21. The van der Waals surface area contributed by atoms with Gasteiger partial charge in [-0.05, 0) is 17.7 Å². The molecular weight excluding hydrogens is 260 g/mol. The van der Waals surface area contributed by atoms with Crippen LogP contribution in [0.25, 0.3) is 0 Å². The van der Waals surface area contributed by atoms with Gasteiger partial charge in [0.25, 0.3) is 0 Å². The van der Waals surface area contributed by atoms with E-state index in [-0.39, 0.29) is 6.61 Å². The normalized spacial score (nSPS) is 10.4. The second-order valence-electron chi connectivity index (χ2n) is 4.30. The molecule has 6 heteroatoms. The molecule has 0 saturated carbocycles. The first-order valence-electron chi connectivity index (χ1n) is 6.14. The fourth-order valence-electron chi connectivity index (χ4n) is 1.87. The summed E-state index contributed by atoms with van der Waals surface area (Å²) in [5, 5.41) is 13.3. The van der Waals surface area contributed by atoms with Gasteiger partial charge in [-0.25, -0.2) is 0 Å². The lowest BCUT2D eigenvalue weighted by Crippen LogP contribution is -2.01. The fraction of sp³-hybridized carbons (Fsp3) is 0.357. The standard InChI is InChI=1S/C14H18N2O4/c1-16-7-11(6-15-16)9-20-14-12(18-2)4-10(8-17)5-13(14)19-3/h4-7,17H,8-9H2,1-3H3. The Morgan fingerprint density at radius 3 is 2.25 bits per heavy atom. The van der Waals surface area contributed by atoms with Crippen molar-refractivity contribution in [2.24, 2.45) is 7.05 Å². The first-order valence-corrected chi connectivity index (χ1v) is 6.14. The quantitative estimate of drug-likeness (QED) is 0.867. The van der Waals surface area contributed by atoms with Crippen molar-refractivity contribution in [1.82, 2.24) is 9.78 Å². The number of hydrogen-bond acceptors (Lipinski definition) is 5. The Morgan fingerprint density at radius 2 is 1.80 bits per heavy atom. The molecule has 1 aromatic heterocycles. The maximum atomic E-state index is 9.22. The van der Waals surface area contributed by atoms with Crippen molar-refractivity contribution in [2.45, 2.75) is 13.2 Å². The zero-order valence-corrected chi connectivity index (χ0v) is 11.8. The molecule has 0 radical (unpaired) electrons. The van der Waals surface area contributed by atoms with E-state index in [1.54, 1.807) is 37.2 Å². The maximum absolute atomic E-state index is 9.22. The van der Waals surface area contributed by atoms with Gasteiger partial charge < -0.3 is 19.3 Å². The molecule has 1 heterocycles. The Kier molecular flexibility index (Phi) is 4.47. The van der Waals surface area contributed by atoms with Gasteiger partial charge in [0.05, 0.1) is 27.0 Å². The molecule has 1 aromatic carbocycles. The lowest BCUT2D eigenvalue weighted by Gasteiger charge is -2.15. The number of nitrogens with zero attached hydrogens (tertiary/aromatic N) is 2. The summed E-state index contributed by atoms with van der Waals surface area (Å²) in [6, 6.07) is 3.45. The van der Waals surface area contributed by atoms with Gasteiger partial charge in [0, 0.05) is 18.8 Å². The van der Waals surface area contributed by atoms with Crippen molar-refractivity contribution in [1.29, 1.82) is 0 Å². The van der Waals surface area contributed by atoms with E-state index in [1.165, 1.54) is 0 Å². The number of ether oxygens (including phenoxy) is 3. The van der Waals surface area contributed by atoms with Gasteiger partial charge in [0.15, 0.2) is 11.5 Å². The molecule has 2 rings (SSSR count). The van der Waals surface area contributed by atoms with Crippen LogP contribution in [0, 0.1) is 0 Å². The maximum Gasteiger partial charge on any atom is 0.203 e. The molecule has 0 aliphatic carbocycles. The number of methoxy groups -OCH3 is 2. The van der Waals surface area contributed by atoms with Crippen LogP contribution in [0.15, 0.2) is 24.5 Å². The summed E-state index contributed by atoms with van der Waals surface area (Å²) in [6.45, 7) is 0.272. The molecular formula is C14H18N2O4. The van der Waals surface area contributed by atoms with Gasteiger partial charge in [-0.1, -0.05) is 0 Å². The zero-order valence-electron chi connectivity index (χ0n) is 11.8. The highest BCUT2D eigenvalue weighted by Gasteiger charge is 2.14. The Bertz CT molecular complexity index is 555. The predicted octanol–water partition coefficient (Wildman–Crippen LogP) is 1.51. The lowest BCUT2D eigenvalue weighted by molar-refractivity contribution is 0.260. The second-order valence-corrected chi connectivity index (χ2v) is 4.30. The van der Waals surface area contributed by atoms with E-state index < -0.39 is 0 Å². The molecule has 6 nitrogen and oxygen atoms in total. The third-order valence-electron chi connectivity index (χ3n) is 2.84. The Labute approximate surface area is 117 Å². The smallest absolute Gasteiger partial charge is 0.203 e. The van der Waals surface area contributed by atoms with Crippen LogP contribution in [0.4, 0.5) is 0 Å². The molecule has 0 spiro atoms. The molecule has 0 fully saturated rings. The van der Waals surface area contributed by atoms with Crippen molar-refractivity contribution in [3.63, 3.8) is 0 Å². The number of aliphatic hydroxyl groups excluding tert-OH is 1. The van der Waals surface area contributed by atoms with Crippen LogP contribution >= 0.6 is 0 Å². The molecule has 0 amide bonds. The number of rotatable bonds is 6. The Balaban J connectivity index is 2.24. The molecule has 0 atom stereocenters. The monoisotopic (exact) mass is 278 g/mol. The summed E-state index contributed by atoms with van der Waals surface area (Å²) in [5.41, 5.74) is 1.65. The minimum absolute atomic E-state index is 0.0877. The van der Waals surface area contributed by atoms with Gasteiger partial charge in [-0.3, -0.25) is 4.68 Å². The van der Waals surface area contributed by atoms with Gasteiger partial charge in [-0.15, -0.1) is 0 Å². The molecule has 0 aliphatic rings. The van der Waals surface area contributed by atoms with E-state index >= 15 is 0 Å². The molecule has 108 valence electrons. The van der Waals surface area contributed by atoms with Crippen LogP contribution in [0.3, 0.4) is 0 Å². The molecule has 0 bridgehead atoms. The summed E-state index contributed by atoms with van der Waals surface area (Å²) in [6.07, 6.45) is 3.61. The van der Waals surface area contributed by atoms with Gasteiger partial charge >= 0.3 is 0 Å². The number of aromatic nitrogens is 2. The third-order valence-corrected chi connectivity index (χ3v) is 2.84. The number of benzene rings is 1. The average molecular weight is 278 g/mol. The fourth-order valence-corrected chi connectivity index (χ4v) is 1.87. The molecule has 20 heavy (non-hydrogen) atoms. The van der Waals surface area contributed by atoms with Crippen molar-refractivity contribution < 1.29 is 19.3 Å². The summed E-state index contributed by atoms with van der Waals surface area (Å²) in [5.74, 6) is 1.56. The minimum atomic E-state index is -0.0877. The van der Waals surface area contributed by atoms with E-state index in [0.29, 0.717) is 29.4 Å². The highest BCUT2D eigenvalue weighted by atomic mass is 16.5. The van der Waals surface area contributed by atoms with Crippen LogP contribution in [0.5, 0.6) is 17.2 Å². The highest BCUT2D eigenvalue weighted by Crippen LogP contribution is 2.39. The molecule has 2 aromatic rings. The molecule has 1 N–H and O–H groups in total. The summed E-state index contributed by atoms with van der Waals surface area (Å²) in [7, 11) is 4.94. The minimum Gasteiger partial charge on any atom is -0.493 e. The van der Waals surface area contributed by atoms with Crippen LogP contribution in [0.1, 0.15) is 11.1 Å². The van der Waals surface area contributed by atoms with Crippen LogP contribution in [-0.4, -0.2) is 29.1 Å². The first kappa shape index (κ1) is 14.2. The number of aliphatic hydroxyl groups is 1. The Morgan fingerprint density at radius 1 is 1.15 bits per heavy atom. The van der Waals surface area contributed by atoms with Crippen LogP contribution in [-0.2, 0) is 20.3 Å². The largest absolute Gasteiger partial charge is 0.493 e. The van der Waals surface area contributed by atoms with Crippen LogP contribution < -0.4 is 14.2 Å². The van der Waals surface area contributed by atoms with Gasteiger partial charge in [-0.2, -0.15) is 5.10 Å². The SMILES string of the molecule is COc1cc(CO)cc(OC)c1OCc1cnn(C)c1. The zero-order chi connectivity index (χ0) is 14.5. The van der Waals surface area contributed by atoms with Gasteiger partial charge in [0.2, 0.25) is 5.75 Å². The van der Waals surface area contributed by atoms with Crippen molar-refractivity contribution in [3.8, 4) is 17.2 Å². The highest BCUT2D eigenvalue weighted by molar-refractivity contribution is 5.53.